The van der Waals surface area contributed by atoms with Crippen LogP contribution in [0.3, 0.4) is 0 Å². The first-order chi connectivity index (χ1) is 11.5. The Labute approximate surface area is 174 Å². The van der Waals surface area contributed by atoms with Crippen LogP contribution in [-0.2, 0) is 10.1 Å². The molecule has 1 N–H and O–H groups in total. The molecule has 0 radical (unpaired) electrons. The molecule has 25 heavy (non-hydrogen) atoms. The number of ether oxygens (including phenoxy) is 1. The molecule has 0 unspecified atom stereocenters. The van der Waals surface area contributed by atoms with Crippen LogP contribution in [0.1, 0.15) is 41.3 Å². The van der Waals surface area contributed by atoms with Gasteiger partial charge in [0, 0.05) is 0 Å². The van der Waals surface area contributed by atoms with Crippen molar-refractivity contribution in [2.75, 3.05) is 0 Å². The number of esters is 1. The number of halogens is 2. The van der Waals surface area contributed by atoms with Gasteiger partial charge in [0.2, 0.25) is 0 Å². The summed E-state index contributed by atoms with van der Waals surface area (Å²) in [7, 11) is -4.37. The highest BCUT2D eigenvalue weighted by Gasteiger charge is 2.23. The molecule has 2 rings (SSSR count). The van der Waals surface area contributed by atoms with Crippen LogP contribution >= 0.6 is 45.2 Å². The minimum absolute atomic E-state index is 0.180. The van der Waals surface area contributed by atoms with Gasteiger partial charge in [-0.15, -0.1) is 0 Å². The van der Waals surface area contributed by atoms with E-state index in [2.05, 4.69) is 45.2 Å². The first-order valence-corrected chi connectivity index (χ1v) is 10.9. The molecule has 0 aromatic heterocycles. The van der Waals surface area contributed by atoms with Gasteiger partial charge in [-0.1, -0.05) is 19.9 Å². The molecular formula is C17H16I2O5S. The van der Waals surface area contributed by atoms with E-state index >= 15 is 0 Å². The van der Waals surface area contributed by atoms with Crippen molar-refractivity contribution in [2.45, 2.75) is 31.6 Å². The minimum atomic E-state index is -4.37. The van der Waals surface area contributed by atoms with Crippen molar-refractivity contribution in [3.05, 3.63) is 54.2 Å². The summed E-state index contributed by atoms with van der Waals surface area (Å²) in [5.41, 5.74) is 1.06. The summed E-state index contributed by atoms with van der Waals surface area (Å²) in [5.74, 6) is -0.289. The van der Waals surface area contributed by atoms with Crippen LogP contribution < -0.4 is 4.74 Å². The third kappa shape index (κ3) is 4.72. The number of rotatable bonds is 4. The van der Waals surface area contributed by atoms with E-state index in [1.807, 2.05) is 18.2 Å². The third-order valence-electron chi connectivity index (χ3n) is 3.59. The highest BCUT2D eigenvalue weighted by atomic mass is 127. The summed E-state index contributed by atoms with van der Waals surface area (Å²) >= 11 is 4.17. The molecular weight excluding hydrogens is 570 g/mol. The molecule has 0 aliphatic rings. The van der Waals surface area contributed by atoms with Crippen molar-refractivity contribution in [1.82, 2.24) is 0 Å². The number of carbonyl (C=O) groups excluding carboxylic acids is 1. The Bertz CT molecular complexity index is 916. The topological polar surface area (TPSA) is 80.7 Å². The Morgan fingerprint density at radius 3 is 2.20 bits per heavy atom. The van der Waals surface area contributed by atoms with Crippen LogP contribution in [0.4, 0.5) is 0 Å². The lowest BCUT2D eigenvalue weighted by molar-refractivity contribution is 0.0731. The van der Waals surface area contributed by atoms with Gasteiger partial charge < -0.3 is 4.74 Å². The maximum absolute atomic E-state index is 12.6. The zero-order valence-electron chi connectivity index (χ0n) is 13.7. The summed E-state index contributed by atoms with van der Waals surface area (Å²) in [4.78, 5) is 12.5. The summed E-state index contributed by atoms with van der Waals surface area (Å²) < 4.78 is 39.8. The Hall–Kier alpha value is -0.720. The summed E-state index contributed by atoms with van der Waals surface area (Å²) in [6.45, 7) is 5.19. The zero-order chi connectivity index (χ0) is 18.9. The Balaban J connectivity index is 2.52. The van der Waals surface area contributed by atoms with E-state index in [0.717, 1.165) is 7.14 Å². The molecule has 0 spiro atoms. The predicted molar refractivity (Wildman–Crippen MR) is 112 cm³/mol. The van der Waals surface area contributed by atoms with Gasteiger partial charge in [-0.25, -0.2) is 4.79 Å². The molecule has 0 bridgehead atoms. The van der Waals surface area contributed by atoms with E-state index in [0.29, 0.717) is 16.9 Å². The first-order valence-electron chi connectivity index (χ1n) is 7.30. The quantitative estimate of drug-likeness (QED) is 0.241. The number of para-hydroxylation sites is 1. The van der Waals surface area contributed by atoms with Gasteiger partial charge >= 0.3 is 5.97 Å². The molecule has 0 fully saturated rings. The molecule has 0 aliphatic carbocycles. The summed E-state index contributed by atoms with van der Waals surface area (Å²) in [6.07, 6.45) is 0. The standard InChI is InChI=1S/C17H16I2O5S/c1-9(2)11-8-12(10(3)7-15(11)25(21,22)23)17(20)24-16-13(18)5-4-6-14(16)19/h4-9H,1-3H3,(H,21,22,23). The van der Waals surface area contributed by atoms with Gasteiger partial charge in [0.05, 0.1) is 17.6 Å². The van der Waals surface area contributed by atoms with Crippen molar-refractivity contribution in [3.63, 3.8) is 0 Å². The largest absolute Gasteiger partial charge is 0.421 e. The smallest absolute Gasteiger partial charge is 0.343 e. The van der Waals surface area contributed by atoms with Crippen molar-refractivity contribution >= 4 is 61.3 Å². The maximum atomic E-state index is 12.6. The van der Waals surface area contributed by atoms with Crippen molar-refractivity contribution in [3.8, 4) is 5.75 Å². The van der Waals surface area contributed by atoms with Crippen LogP contribution in [0, 0.1) is 14.1 Å². The van der Waals surface area contributed by atoms with E-state index in [1.54, 1.807) is 20.8 Å². The molecule has 0 saturated heterocycles. The van der Waals surface area contributed by atoms with Gasteiger partial charge in [0.15, 0.2) is 5.75 Å². The van der Waals surface area contributed by atoms with Gasteiger partial charge in [-0.3, -0.25) is 4.55 Å². The van der Waals surface area contributed by atoms with E-state index in [9.17, 15) is 17.8 Å². The van der Waals surface area contributed by atoms with Crippen LogP contribution in [0.5, 0.6) is 5.75 Å². The van der Waals surface area contributed by atoms with Crippen LogP contribution in [0.15, 0.2) is 35.2 Å². The lowest BCUT2D eigenvalue weighted by Gasteiger charge is -2.15. The van der Waals surface area contributed by atoms with Crippen molar-refractivity contribution < 1.29 is 22.5 Å². The van der Waals surface area contributed by atoms with Crippen LogP contribution in [0.2, 0.25) is 0 Å². The molecule has 2 aromatic rings. The van der Waals surface area contributed by atoms with Gasteiger partial charge in [0.1, 0.15) is 0 Å². The minimum Gasteiger partial charge on any atom is -0.421 e. The van der Waals surface area contributed by atoms with Gasteiger partial charge in [0.25, 0.3) is 10.1 Å². The SMILES string of the molecule is Cc1cc(S(=O)(=O)O)c(C(C)C)cc1C(=O)Oc1c(I)cccc1I. The lowest BCUT2D eigenvalue weighted by Crippen LogP contribution is -2.15. The molecule has 2 aromatic carbocycles. The average molecular weight is 586 g/mol. The number of hydrogen-bond donors (Lipinski definition) is 1. The van der Waals surface area contributed by atoms with E-state index in [1.165, 1.54) is 12.1 Å². The molecule has 0 heterocycles. The lowest BCUT2D eigenvalue weighted by atomic mass is 9.97. The number of benzene rings is 2. The molecule has 0 aliphatic heterocycles. The Morgan fingerprint density at radius 2 is 1.72 bits per heavy atom. The van der Waals surface area contributed by atoms with Crippen LogP contribution in [0.25, 0.3) is 0 Å². The third-order valence-corrected chi connectivity index (χ3v) is 6.20. The molecule has 5 nitrogen and oxygen atoms in total. The summed E-state index contributed by atoms with van der Waals surface area (Å²) in [6, 6.07) is 8.32. The number of hydrogen-bond acceptors (Lipinski definition) is 4. The second-order valence-electron chi connectivity index (χ2n) is 5.78. The van der Waals surface area contributed by atoms with Gasteiger partial charge in [-0.2, -0.15) is 8.42 Å². The van der Waals surface area contributed by atoms with Crippen molar-refractivity contribution in [1.29, 1.82) is 0 Å². The molecule has 0 atom stereocenters. The molecule has 0 saturated carbocycles. The van der Waals surface area contributed by atoms with Gasteiger partial charge in [-0.05, 0) is 93.4 Å². The number of carbonyl (C=O) groups is 1. The Morgan fingerprint density at radius 1 is 1.16 bits per heavy atom. The molecule has 134 valence electrons. The highest BCUT2D eigenvalue weighted by molar-refractivity contribution is 14.1. The maximum Gasteiger partial charge on any atom is 0.343 e. The number of aryl methyl sites for hydroxylation is 1. The fourth-order valence-electron chi connectivity index (χ4n) is 2.32. The Kier molecular flexibility index (Phi) is 6.50. The highest BCUT2D eigenvalue weighted by Crippen LogP contribution is 2.30. The second kappa shape index (κ2) is 7.89. The van der Waals surface area contributed by atoms with E-state index < -0.39 is 16.1 Å². The predicted octanol–water partition coefficient (Wildman–Crippen LogP) is 4.79. The normalized spacial score (nSPS) is 11.6. The second-order valence-corrected chi connectivity index (χ2v) is 9.49. The van der Waals surface area contributed by atoms with E-state index in [-0.39, 0.29) is 16.4 Å². The molecule has 8 heteroatoms. The van der Waals surface area contributed by atoms with E-state index in [4.69, 9.17) is 4.74 Å². The van der Waals surface area contributed by atoms with Crippen LogP contribution in [-0.4, -0.2) is 18.9 Å². The van der Waals surface area contributed by atoms with Crippen molar-refractivity contribution in [2.24, 2.45) is 0 Å². The monoisotopic (exact) mass is 586 g/mol. The fraction of sp³-hybridized carbons (Fsp3) is 0.235. The first kappa shape index (κ1) is 20.6. The average Bonchev–Trinajstić information content (AvgIpc) is 2.49. The fourth-order valence-corrected chi connectivity index (χ4v) is 4.97. The molecule has 0 amide bonds. The zero-order valence-corrected chi connectivity index (χ0v) is 18.8. The summed E-state index contributed by atoms with van der Waals surface area (Å²) in [5, 5.41) is 0.